The van der Waals surface area contributed by atoms with E-state index >= 15 is 0 Å². The van der Waals surface area contributed by atoms with Gasteiger partial charge in [0.15, 0.2) is 0 Å². The highest BCUT2D eigenvalue weighted by atomic mass is 32.2. The summed E-state index contributed by atoms with van der Waals surface area (Å²) in [7, 11) is -4.03. The molecule has 1 aromatic rings. The molecule has 0 aliphatic carbocycles. The number of carbonyl (C=O) groups excluding carboxylic acids is 1. The predicted octanol–water partition coefficient (Wildman–Crippen LogP) is 3.30. The quantitative estimate of drug-likeness (QED) is 0.776. The number of aryl methyl sites for hydroxylation is 2. The summed E-state index contributed by atoms with van der Waals surface area (Å²) in [6, 6.07) is 3.45. The zero-order valence-electron chi connectivity index (χ0n) is 14.1. The van der Waals surface area contributed by atoms with Gasteiger partial charge in [0.05, 0.1) is 17.9 Å². The predicted molar refractivity (Wildman–Crippen MR) is 91.1 cm³/mol. The number of benzene rings is 1. The Labute approximate surface area is 137 Å². The summed E-state index contributed by atoms with van der Waals surface area (Å²) >= 11 is 0. The molecule has 7 heteroatoms. The number of nitrogens with zero attached hydrogens (tertiary/aromatic N) is 2. The first kappa shape index (κ1) is 17.3. The summed E-state index contributed by atoms with van der Waals surface area (Å²) in [4.78, 5) is 12.5. The monoisotopic (exact) mass is 338 g/mol. The number of anilines is 2. The Morgan fingerprint density at radius 3 is 2.22 bits per heavy atom. The van der Waals surface area contributed by atoms with Crippen LogP contribution in [0.15, 0.2) is 24.8 Å². The first-order valence-corrected chi connectivity index (χ1v) is 8.67. The summed E-state index contributed by atoms with van der Waals surface area (Å²) in [5.74, 6) is 0. The molecule has 0 saturated carbocycles. The van der Waals surface area contributed by atoms with E-state index in [9.17, 15) is 13.2 Å². The second kappa shape index (κ2) is 5.56. The lowest BCUT2D eigenvalue weighted by Gasteiger charge is -2.24. The van der Waals surface area contributed by atoms with E-state index in [-0.39, 0.29) is 6.54 Å². The molecule has 0 saturated heterocycles. The third-order valence-electron chi connectivity index (χ3n) is 3.44. The van der Waals surface area contributed by atoms with Crippen molar-refractivity contribution in [2.24, 2.45) is 0 Å². The lowest BCUT2D eigenvalue weighted by Crippen LogP contribution is -2.44. The minimum atomic E-state index is -4.03. The molecule has 2 rings (SSSR count). The SMILES string of the molecule is C=CCN1c2cc(C)c(C)cc2N(C(=O)OC(C)(C)C)S1(=O)=O. The number of carbonyl (C=O) groups is 1. The van der Waals surface area contributed by atoms with Crippen molar-refractivity contribution in [2.75, 3.05) is 15.2 Å². The third kappa shape index (κ3) is 3.06. The van der Waals surface area contributed by atoms with Crippen LogP contribution in [-0.2, 0) is 14.9 Å². The van der Waals surface area contributed by atoms with Crippen LogP contribution < -0.4 is 8.61 Å². The number of rotatable bonds is 2. The Balaban J connectivity index is 2.62. The molecule has 0 atom stereocenters. The van der Waals surface area contributed by atoms with Crippen LogP contribution in [0.5, 0.6) is 0 Å². The van der Waals surface area contributed by atoms with Crippen molar-refractivity contribution in [3.63, 3.8) is 0 Å². The van der Waals surface area contributed by atoms with Crippen molar-refractivity contribution < 1.29 is 17.9 Å². The minimum Gasteiger partial charge on any atom is -0.443 e. The Bertz CT molecular complexity index is 763. The molecule has 0 spiro atoms. The van der Waals surface area contributed by atoms with Crippen molar-refractivity contribution in [3.8, 4) is 0 Å². The van der Waals surface area contributed by atoms with Crippen LogP contribution in [-0.4, -0.2) is 26.7 Å². The van der Waals surface area contributed by atoms with Crippen LogP contribution in [0.1, 0.15) is 31.9 Å². The van der Waals surface area contributed by atoms with Gasteiger partial charge in [-0.2, -0.15) is 12.7 Å². The van der Waals surface area contributed by atoms with Gasteiger partial charge in [0.25, 0.3) is 0 Å². The van der Waals surface area contributed by atoms with Gasteiger partial charge in [0, 0.05) is 0 Å². The van der Waals surface area contributed by atoms with E-state index in [0.29, 0.717) is 11.4 Å². The van der Waals surface area contributed by atoms with Gasteiger partial charge >= 0.3 is 16.3 Å². The molecule has 0 fully saturated rings. The molecule has 0 N–H and O–H groups in total. The average Bonchev–Trinajstić information content (AvgIpc) is 2.57. The maximum atomic E-state index is 12.8. The number of hydrogen-bond donors (Lipinski definition) is 0. The van der Waals surface area contributed by atoms with Gasteiger partial charge in [0.2, 0.25) is 0 Å². The van der Waals surface area contributed by atoms with Crippen LogP contribution in [0, 0.1) is 13.8 Å². The topological polar surface area (TPSA) is 66.9 Å². The van der Waals surface area contributed by atoms with Gasteiger partial charge in [-0.15, -0.1) is 6.58 Å². The zero-order chi connectivity index (χ0) is 17.6. The van der Waals surface area contributed by atoms with E-state index in [2.05, 4.69) is 6.58 Å². The number of amides is 1. The largest absolute Gasteiger partial charge is 0.443 e. The number of ether oxygens (including phenoxy) is 1. The lowest BCUT2D eigenvalue weighted by molar-refractivity contribution is 0.0610. The van der Waals surface area contributed by atoms with Gasteiger partial charge in [-0.1, -0.05) is 6.08 Å². The molecule has 1 aliphatic rings. The molecule has 1 heterocycles. The van der Waals surface area contributed by atoms with Crippen LogP contribution in [0.25, 0.3) is 0 Å². The van der Waals surface area contributed by atoms with E-state index in [1.165, 1.54) is 6.08 Å². The highest BCUT2D eigenvalue weighted by Crippen LogP contribution is 2.43. The van der Waals surface area contributed by atoms with Gasteiger partial charge < -0.3 is 4.74 Å². The fourth-order valence-electron chi connectivity index (χ4n) is 2.30. The molecule has 6 nitrogen and oxygen atoms in total. The van der Waals surface area contributed by atoms with Gasteiger partial charge in [0.1, 0.15) is 5.60 Å². The Kier molecular flexibility index (Phi) is 4.19. The summed E-state index contributed by atoms with van der Waals surface area (Å²) < 4.78 is 32.7. The zero-order valence-corrected chi connectivity index (χ0v) is 14.9. The molecular weight excluding hydrogens is 316 g/mol. The molecule has 126 valence electrons. The Morgan fingerprint density at radius 2 is 1.74 bits per heavy atom. The van der Waals surface area contributed by atoms with Gasteiger partial charge in [-0.05, 0) is 57.9 Å². The van der Waals surface area contributed by atoms with Crippen molar-refractivity contribution in [2.45, 2.75) is 40.2 Å². The maximum absolute atomic E-state index is 12.8. The van der Waals surface area contributed by atoms with Crippen molar-refractivity contribution >= 4 is 27.7 Å². The van der Waals surface area contributed by atoms with Crippen molar-refractivity contribution in [1.82, 2.24) is 0 Å². The number of hydrogen-bond acceptors (Lipinski definition) is 4. The second-order valence-corrected chi connectivity index (χ2v) is 8.20. The molecule has 1 amide bonds. The van der Waals surface area contributed by atoms with Crippen LogP contribution in [0.2, 0.25) is 0 Å². The second-order valence-electron chi connectivity index (χ2n) is 6.50. The third-order valence-corrected chi connectivity index (χ3v) is 5.15. The fraction of sp³-hybridized carbons (Fsp3) is 0.438. The van der Waals surface area contributed by atoms with Crippen molar-refractivity contribution in [1.29, 1.82) is 0 Å². The molecule has 1 aromatic carbocycles. The maximum Gasteiger partial charge on any atom is 0.430 e. The Hall–Kier alpha value is -2.02. The molecule has 23 heavy (non-hydrogen) atoms. The highest BCUT2D eigenvalue weighted by molar-refractivity contribution is 7.95. The van der Waals surface area contributed by atoms with Crippen LogP contribution in [0.3, 0.4) is 0 Å². The standard InChI is InChI=1S/C16H22N2O4S/c1-7-8-17-13-9-11(2)12(3)10-14(13)18(23(17,20)21)15(19)22-16(4,5)6/h7,9-10H,1,8H2,2-6H3. The average molecular weight is 338 g/mol. The van der Waals surface area contributed by atoms with E-state index in [1.54, 1.807) is 32.9 Å². The van der Waals surface area contributed by atoms with E-state index < -0.39 is 21.9 Å². The molecule has 1 aliphatic heterocycles. The first-order chi connectivity index (χ1) is 10.5. The molecule has 0 radical (unpaired) electrons. The van der Waals surface area contributed by atoms with E-state index in [1.807, 2.05) is 13.8 Å². The van der Waals surface area contributed by atoms with Gasteiger partial charge in [-0.3, -0.25) is 0 Å². The van der Waals surface area contributed by atoms with Gasteiger partial charge in [-0.25, -0.2) is 9.10 Å². The first-order valence-electron chi connectivity index (χ1n) is 7.27. The summed E-state index contributed by atoms with van der Waals surface area (Å²) in [6.07, 6.45) is 0.573. The normalized spacial score (nSPS) is 16.2. The smallest absolute Gasteiger partial charge is 0.430 e. The summed E-state index contributed by atoms with van der Waals surface area (Å²) in [6.45, 7) is 12.5. The minimum absolute atomic E-state index is 0.0805. The molecule has 0 unspecified atom stereocenters. The van der Waals surface area contributed by atoms with Crippen LogP contribution >= 0.6 is 0 Å². The molecular formula is C16H22N2O4S. The van der Waals surface area contributed by atoms with E-state index in [4.69, 9.17) is 4.74 Å². The lowest BCUT2D eigenvalue weighted by atomic mass is 10.1. The summed E-state index contributed by atoms with van der Waals surface area (Å²) in [5, 5.41) is 0. The van der Waals surface area contributed by atoms with Crippen molar-refractivity contribution in [3.05, 3.63) is 35.9 Å². The fourth-order valence-corrected chi connectivity index (χ4v) is 3.81. The molecule has 0 bridgehead atoms. The number of fused-ring (bicyclic) bond motifs is 1. The summed E-state index contributed by atoms with van der Waals surface area (Å²) in [5.41, 5.74) is 1.81. The Morgan fingerprint density at radius 1 is 1.22 bits per heavy atom. The molecule has 0 aromatic heterocycles. The van der Waals surface area contributed by atoms with E-state index in [0.717, 1.165) is 19.7 Å². The highest BCUT2D eigenvalue weighted by Gasteiger charge is 2.45. The van der Waals surface area contributed by atoms with Crippen LogP contribution in [0.4, 0.5) is 16.2 Å².